The van der Waals surface area contributed by atoms with Crippen LogP contribution in [0.25, 0.3) is 11.3 Å². The molecule has 1 saturated heterocycles. The van der Waals surface area contributed by atoms with Crippen molar-refractivity contribution in [3.63, 3.8) is 0 Å². The van der Waals surface area contributed by atoms with Crippen LogP contribution in [0, 0.1) is 11.3 Å². The molecule has 0 bridgehead atoms. The number of nitriles is 1. The van der Waals surface area contributed by atoms with Crippen LogP contribution in [0.2, 0.25) is 5.02 Å². The third kappa shape index (κ3) is 5.55. The van der Waals surface area contributed by atoms with Crippen molar-refractivity contribution in [3.8, 4) is 17.3 Å². The summed E-state index contributed by atoms with van der Waals surface area (Å²) in [5.41, 5.74) is -0.777. The van der Waals surface area contributed by atoms with Gasteiger partial charge in [0.15, 0.2) is 9.84 Å². The lowest BCUT2D eigenvalue weighted by Gasteiger charge is -2.36. The fraction of sp³-hybridized carbons (Fsp3) is 0.240. The molecule has 0 atom stereocenters. The van der Waals surface area contributed by atoms with Crippen molar-refractivity contribution in [2.75, 3.05) is 37.3 Å². The summed E-state index contributed by atoms with van der Waals surface area (Å²) in [6, 6.07) is 14.3. The zero-order chi connectivity index (χ0) is 27.0. The number of hydrogen-bond acceptors (Lipinski definition) is 6. The predicted octanol–water partition coefficient (Wildman–Crippen LogP) is 4.66. The first-order chi connectivity index (χ1) is 17.4. The molecule has 2 heterocycles. The SMILES string of the molecule is CS(=O)(=O)c1cc(C#N)c(N2CCN(C(=O)c3ccccc3C(F)(F)F)CC2)nc1-c1ccc(Cl)cc1. The minimum Gasteiger partial charge on any atom is -0.352 e. The van der Waals surface area contributed by atoms with Gasteiger partial charge in [-0.1, -0.05) is 35.9 Å². The number of sulfone groups is 1. The van der Waals surface area contributed by atoms with Gasteiger partial charge in [0, 0.05) is 43.0 Å². The minimum absolute atomic E-state index is 0.0281. The molecule has 37 heavy (non-hydrogen) atoms. The van der Waals surface area contributed by atoms with Crippen molar-refractivity contribution < 1.29 is 26.4 Å². The highest BCUT2D eigenvalue weighted by Crippen LogP contribution is 2.34. The van der Waals surface area contributed by atoms with E-state index >= 15 is 0 Å². The third-order valence-corrected chi connectivity index (χ3v) is 7.30. The minimum atomic E-state index is -4.67. The number of hydrogen-bond donors (Lipinski definition) is 0. The molecular formula is C25H20ClF3N4O3S. The highest BCUT2D eigenvalue weighted by atomic mass is 35.5. The summed E-state index contributed by atoms with van der Waals surface area (Å²) in [7, 11) is -3.75. The number of halogens is 4. The quantitative estimate of drug-likeness (QED) is 0.471. The Morgan fingerprint density at radius 3 is 2.24 bits per heavy atom. The lowest BCUT2D eigenvalue weighted by atomic mass is 10.1. The molecule has 7 nitrogen and oxygen atoms in total. The second-order valence-corrected chi connectivity index (χ2v) is 10.8. The number of piperazine rings is 1. The molecule has 4 rings (SSSR count). The standard InChI is InChI=1S/C25H20ClF3N4O3S/c1-37(35,36)21-14-17(15-30)23(31-22(21)16-6-8-18(26)9-7-16)32-10-12-33(13-11-32)24(34)19-4-2-3-5-20(19)25(27,28)29/h2-9,14H,10-13H2,1H3. The van der Waals surface area contributed by atoms with Crippen LogP contribution < -0.4 is 4.90 Å². The van der Waals surface area contributed by atoms with E-state index in [0.717, 1.165) is 18.4 Å². The van der Waals surface area contributed by atoms with Crippen molar-refractivity contribution in [2.45, 2.75) is 11.1 Å². The van der Waals surface area contributed by atoms with E-state index in [1.807, 2.05) is 6.07 Å². The zero-order valence-corrected chi connectivity index (χ0v) is 21.0. The van der Waals surface area contributed by atoms with Crippen LogP contribution in [0.1, 0.15) is 21.5 Å². The van der Waals surface area contributed by atoms with Crippen LogP contribution in [0.15, 0.2) is 59.5 Å². The molecule has 0 N–H and O–H groups in total. The van der Waals surface area contributed by atoms with E-state index in [-0.39, 0.29) is 48.1 Å². The van der Waals surface area contributed by atoms with Crippen molar-refractivity contribution in [1.29, 1.82) is 5.26 Å². The monoisotopic (exact) mass is 548 g/mol. The van der Waals surface area contributed by atoms with Crippen LogP contribution in [-0.2, 0) is 16.0 Å². The van der Waals surface area contributed by atoms with E-state index in [0.29, 0.717) is 10.6 Å². The normalized spacial score (nSPS) is 14.4. The molecule has 0 radical (unpaired) electrons. The number of alkyl halides is 3. The lowest BCUT2D eigenvalue weighted by Crippen LogP contribution is -2.49. The first-order valence-electron chi connectivity index (χ1n) is 11.0. The Hall–Kier alpha value is -3.62. The van der Waals surface area contributed by atoms with Crippen LogP contribution in [-0.4, -0.2) is 56.6 Å². The predicted molar refractivity (Wildman–Crippen MR) is 132 cm³/mol. The highest BCUT2D eigenvalue weighted by molar-refractivity contribution is 7.90. The number of benzene rings is 2. The van der Waals surface area contributed by atoms with Gasteiger partial charge >= 0.3 is 6.18 Å². The van der Waals surface area contributed by atoms with E-state index in [2.05, 4.69) is 4.98 Å². The molecule has 1 aromatic heterocycles. The van der Waals surface area contributed by atoms with Gasteiger partial charge in [0.1, 0.15) is 11.9 Å². The molecule has 1 aliphatic rings. The number of carbonyl (C=O) groups is 1. The average molecular weight is 549 g/mol. The molecule has 0 aliphatic carbocycles. The average Bonchev–Trinajstić information content (AvgIpc) is 2.87. The van der Waals surface area contributed by atoms with E-state index in [9.17, 15) is 31.6 Å². The van der Waals surface area contributed by atoms with Crippen LogP contribution in [0.4, 0.5) is 19.0 Å². The van der Waals surface area contributed by atoms with Crippen molar-refractivity contribution in [1.82, 2.24) is 9.88 Å². The molecule has 1 amide bonds. The van der Waals surface area contributed by atoms with Crippen LogP contribution >= 0.6 is 11.6 Å². The van der Waals surface area contributed by atoms with Gasteiger partial charge in [-0.2, -0.15) is 18.4 Å². The molecular weight excluding hydrogens is 529 g/mol. The van der Waals surface area contributed by atoms with Gasteiger partial charge in [-0.05, 0) is 30.3 Å². The van der Waals surface area contributed by atoms with Gasteiger partial charge in [0.25, 0.3) is 5.91 Å². The Kier molecular flexibility index (Phi) is 7.17. The Labute approximate surface area is 216 Å². The maximum absolute atomic E-state index is 13.4. The molecule has 0 spiro atoms. The van der Waals surface area contributed by atoms with Gasteiger partial charge < -0.3 is 9.80 Å². The smallest absolute Gasteiger partial charge is 0.352 e. The highest BCUT2D eigenvalue weighted by Gasteiger charge is 2.36. The molecule has 12 heteroatoms. The second kappa shape index (κ2) is 10.0. The van der Waals surface area contributed by atoms with Gasteiger partial charge in [-0.25, -0.2) is 13.4 Å². The van der Waals surface area contributed by atoms with Crippen molar-refractivity contribution >= 4 is 33.2 Å². The van der Waals surface area contributed by atoms with Gasteiger partial charge in [-0.15, -0.1) is 0 Å². The summed E-state index contributed by atoms with van der Waals surface area (Å²) in [6.07, 6.45) is -3.65. The first kappa shape index (κ1) is 26.4. The Bertz CT molecular complexity index is 1500. The molecule has 3 aromatic rings. The van der Waals surface area contributed by atoms with E-state index in [1.54, 1.807) is 29.2 Å². The number of anilines is 1. The molecule has 1 aliphatic heterocycles. The molecule has 0 unspecified atom stereocenters. The Balaban J connectivity index is 1.65. The number of aromatic nitrogens is 1. The number of rotatable bonds is 4. The lowest BCUT2D eigenvalue weighted by molar-refractivity contribution is -0.138. The maximum atomic E-state index is 13.4. The van der Waals surface area contributed by atoms with Gasteiger partial charge in [0.2, 0.25) is 0 Å². The summed E-state index contributed by atoms with van der Waals surface area (Å²) in [4.78, 5) is 20.4. The van der Waals surface area contributed by atoms with E-state index < -0.39 is 33.0 Å². The van der Waals surface area contributed by atoms with E-state index in [4.69, 9.17) is 11.6 Å². The zero-order valence-electron chi connectivity index (χ0n) is 19.5. The summed E-state index contributed by atoms with van der Waals surface area (Å²) < 4.78 is 65.1. The number of carbonyl (C=O) groups excluding carboxylic acids is 1. The molecule has 0 saturated carbocycles. The molecule has 2 aromatic carbocycles. The topological polar surface area (TPSA) is 94.4 Å². The Morgan fingerprint density at radius 2 is 1.68 bits per heavy atom. The fourth-order valence-electron chi connectivity index (χ4n) is 4.11. The first-order valence-corrected chi connectivity index (χ1v) is 13.3. The van der Waals surface area contributed by atoms with E-state index in [1.165, 1.54) is 23.1 Å². The van der Waals surface area contributed by atoms with Gasteiger partial charge in [0.05, 0.1) is 27.3 Å². The summed E-state index contributed by atoms with van der Waals surface area (Å²) in [6.45, 7) is 0.531. The number of pyridine rings is 1. The third-order valence-electron chi connectivity index (χ3n) is 5.93. The molecule has 192 valence electrons. The largest absolute Gasteiger partial charge is 0.417 e. The van der Waals surface area contributed by atoms with Crippen LogP contribution in [0.5, 0.6) is 0 Å². The number of nitrogens with zero attached hydrogens (tertiary/aromatic N) is 4. The molecule has 1 fully saturated rings. The van der Waals surface area contributed by atoms with Crippen LogP contribution in [0.3, 0.4) is 0 Å². The Morgan fingerprint density at radius 1 is 1.05 bits per heavy atom. The summed E-state index contributed by atoms with van der Waals surface area (Å²) in [5.74, 6) is -0.516. The number of amides is 1. The van der Waals surface area contributed by atoms with Gasteiger partial charge in [-0.3, -0.25) is 4.79 Å². The maximum Gasteiger partial charge on any atom is 0.417 e. The van der Waals surface area contributed by atoms with Crippen molar-refractivity contribution in [2.24, 2.45) is 0 Å². The van der Waals surface area contributed by atoms with Crippen molar-refractivity contribution in [3.05, 3.63) is 76.3 Å². The summed E-state index contributed by atoms with van der Waals surface area (Å²) >= 11 is 5.96. The summed E-state index contributed by atoms with van der Waals surface area (Å²) in [5, 5.41) is 10.2. The fourth-order valence-corrected chi connectivity index (χ4v) is 5.09. The second-order valence-electron chi connectivity index (χ2n) is 8.42.